The molecule has 1 heterocycles. The van der Waals surface area contributed by atoms with Crippen molar-refractivity contribution in [3.63, 3.8) is 0 Å². The Morgan fingerprint density at radius 2 is 1.60 bits per heavy atom. The minimum Gasteiger partial charge on any atom is -0.507 e. The van der Waals surface area contributed by atoms with Crippen LogP contribution in [0, 0.1) is 5.92 Å². The average Bonchev–Trinajstić information content (AvgIpc) is 3.26. The zero-order valence-corrected chi connectivity index (χ0v) is 21.5. The fraction of sp³-hybridized carbons (Fsp3) is 0.0690. The molecule has 5 rings (SSSR count). The number of para-hydroxylation sites is 1. The van der Waals surface area contributed by atoms with Crippen LogP contribution in [0.15, 0.2) is 101 Å². The quantitative estimate of drug-likeness (QED) is 0.201. The van der Waals surface area contributed by atoms with Crippen molar-refractivity contribution >= 4 is 51.4 Å². The Balaban J connectivity index is 1.49. The second-order valence-corrected chi connectivity index (χ2v) is 9.13. The van der Waals surface area contributed by atoms with Crippen molar-refractivity contribution in [2.75, 3.05) is 10.3 Å². The molecular formula is C29H21F3N6O4. The van der Waals surface area contributed by atoms with Crippen LogP contribution in [0.25, 0.3) is 10.8 Å². The number of hydrazone groups is 2. The highest BCUT2D eigenvalue weighted by Crippen LogP contribution is 2.31. The van der Waals surface area contributed by atoms with E-state index in [4.69, 9.17) is 5.73 Å². The van der Waals surface area contributed by atoms with Crippen LogP contribution in [0.5, 0.6) is 5.75 Å². The van der Waals surface area contributed by atoms with E-state index in [-0.39, 0.29) is 22.8 Å². The molecule has 0 fully saturated rings. The van der Waals surface area contributed by atoms with Gasteiger partial charge in [-0.2, -0.15) is 28.4 Å². The van der Waals surface area contributed by atoms with E-state index in [1.54, 1.807) is 54.6 Å². The molecule has 10 nitrogen and oxygen atoms in total. The molecule has 13 heteroatoms. The van der Waals surface area contributed by atoms with Gasteiger partial charge in [0, 0.05) is 5.69 Å². The van der Waals surface area contributed by atoms with Crippen molar-refractivity contribution in [3.8, 4) is 5.75 Å². The molecule has 0 radical (unpaired) electrons. The van der Waals surface area contributed by atoms with Crippen LogP contribution in [-0.2, 0) is 15.8 Å². The van der Waals surface area contributed by atoms with E-state index in [0.29, 0.717) is 22.5 Å². The molecule has 4 aromatic rings. The number of carbonyl (C=O) groups is 3. The van der Waals surface area contributed by atoms with Gasteiger partial charge in [-0.05, 0) is 53.2 Å². The highest BCUT2D eigenvalue weighted by Gasteiger charge is 2.42. The van der Waals surface area contributed by atoms with E-state index >= 15 is 0 Å². The third-order valence-corrected chi connectivity index (χ3v) is 6.31. The van der Waals surface area contributed by atoms with E-state index in [9.17, 15) is 32.7 Å². The summed E-state index contributed by atoms with van der Waals surface area (Å²) in [5.74, 6) is -5.15. The predicted molar refractivity (Wildman–Crippen MR) is 150 cm³/mol. The Labute approximate surface area is 235 Å². The van der Waals surface area contributed by atoms with E-state index in [0.717, 1.165) is 17.1 Å². The number of phenolic OH excluding ortho intramolecular Hbond substituents is 1. The zero-order valence-electron chi connectivity index (χ0n) is 21.5. The minimum absolute atomic E-state index is 0.180. The van der Waals surface area contributed by atoms with Crippen LogP contribution in [0.1, 0.15) is 15.9 Å². The Hall–Kier alpha value is -5.72. The van der Waals surface area contributed by atoms with E-state index in [1.165, 1.54) is 18.2 Å². The number of amidine groups is 1. The summed E-state index contributed by atoms with van der Waals surface area (Å²) in [4.78, 5) is 39.8. The molecule has 3 amide bonds. The summed E-state index contributed by atoms with van der Waals surface area (Å²) in [6.07, 6.45) is -4.68. The maximum atomic E-state index is 13.4. The Morgan fingerprint density at radius 3 is 2.29 bits per heavy atom. The summed E-state index contributed by atoms with van der Waals surface area (Å²) in [6, 6.07) is 21.7. The number of hydrogen-bond acceptors (Lipinski definition) is 7. The maximum Gasteiger partial charge on any atom is 0.416 e. The number of nitrogens with one attached hydrogen (secondary N) is 2. The molecule has 1 unspecified atom stereocenters. The van der Waals surface area contributed by atoms with Crippen molar-refractivity contribution < 1.29 is 32.7 Å². The molecule has 0 aliphatic carbocycles. The molecular weight excluding hydrogens is 553 g/mol. The number of nitrogens with zero attached hydrogens (tertiary/aromatic N) is 3. The molecule has 4 aromatic carbocycles. The number of nitrogens with two attached hydrogens (primary N) is 1. The second kappa shape index (κ2) is 11.0. The van der Waals surface area contributed by atoms with Gasteiger partial charge in [0.1, 0.15) is 23.2 Å². The van der Waals surface area contributed by atoms with Crippen LogP contribution in [0.3, 0.4) is 0 Å². The predicted octanol–water partition coefficient (Wildman–Crippen LogP) is 4.22. The molecule has 1 aliphatic rings. The third-order valence-electron chi connectivity index (χ3n) is 6.31. The van der Waals surface area contributed by atoms with Gasteiger partial charge in [-0.15, -0.1) is 0 Å². The Bertz CT molecular complexity index is 1770. The number of benzene rings is 4. The topological polar surface area (TPSA) is 149 Å². The molecule has 0 bridgehead atoms. The monoisotopic (exact) mass is 574 g/mol. The van der Waals surface area contributed by atoms with E-state index in [1.807, 2.05) is 0 Å². The molecule has 5 N–H and O–H groups in total. The minimum atomic E-state index is -4.68. The number of hydrogen-bond donors (Lipinski definition) is 4. The second-order valence-electron chi connectivity index (χ2n) is 9.13. The number of anilines is 2. The van der Waals surface area contributed by atoms with Gasteiger partial charge in [0.15, 0.2) is 0 Å². The average molecular weight is 575 g/mol. The van der Waals surface area contributed by atoms with Crippen LogP contribution < -0.4 is 21.5 Å². The molecule has 0 saturated carbocycles. The number of alkyl halides is 3. The number of carbonyl (C=O) groups excluding carboxylic acids is 3. The molecule has 0 saturated heterocycles. The molecule has 0 spiro atoms. The van der Waals surface area contributed by atoms with Crippen LogP contribution in [0.4, 0.5) is 24.5 Å². The summed E-state index contributed by atoms with van der Waals surface area (Å²) in [7, 11) is 0. The lowest BCUT2D eigenvalue weighted by molar-refractivity contribution is -0.137. The van der Waals surface area contributed by atoms with Gasteiger partial charge in [0.05, 0.1) is 16.8 Å². The molecule has 0 aromatic heterocycles. The third kappa shape index (κ3) is 5.61. The largest absolute Gasteiger partial charge is 0.507 e. The van der Waals surface area contributed by atoms with E-state index < -0.39 is 41.1 Å². The van der Waals surface area contributed by atoms with Gasteiger partial charge >= 0.3 is 6.18 Å². The van der Waals surface area contributed by atoms with Gasteiger partial charge in [0.2, 0.25) is 0 Å². The smallest absolute Gasteiger partial charge is 0.416 e. The van der Waals surface area contributed by atoms with Gasteiger partial charge in [-0.3, -0.25) is 14.4 Å². The number of phenols is 1. The maximum absolute atomic E-state index is 13.4. The fourth-order valence-electron chi connectivity index (χ4n) is 4.28. The number of fused-ring (bicyclic) bond motifs is 1. The number of rotatable bonds is 6. The summed E-state index contributed by atoms with van der Waals surface area (Å²) in [6.45, 7) is 0. The summed E-state index contributed by atoms with van der Waals surface area (Å²) in [5, 5.41) is 22.8. The molecule has 212 valence electrons. The summed E-state index contributed by atoms with van der Waals surface area (Å²) < 4.78 is 39.7. The molecule has 42 heavy (non-hydrogen) atoms. The number of amides is 3. The SMILES string of the molecule is NC1=NN(c2ccccc2)C(=O)C1/C(=N/NC(=O)c1cc2ccccc2cc1O)C(=O)Nc1cccc(C(F)(F)F)c1. The summed E-state index contributed by atoms with van der Waals surface area (Å²) >= 11 is 0. The zero-order chi connectivity index (χ0) is 30.0. The molecule has 1 aliphatic heterocycles. The lowest BCUT2D eigenvalue weighted by atomic mass is 10.0. The molecule has 1 atom stereocenters. The highest BCUT2D eigenvalue weighted by atomic mass is 19.4. The standard InChI is InChI=1S/C29H21F3N6O4/c30-29(31,32)18-9-6-10-19(15-18)34-27(41)24(23-25(33)37-38(28(23)42)20-11-2-1-3-12-20)35-36-26(40)21-13-16-7-4-5-8-17(16)14-22(21)39/h1-15,23,39H,(H2,33,37)(H,34,41)(H,36,40)/b35-24-. The van der Waals surface area contributed by atoms with E-state index in [2.05, 4.69) is 20.9 Å². The first-order valence-electron chi connectivity index (χ1n) is 12.3. The number of aromatic hydroxyl groups is 1. The Morgan fingerprint density at radius 1 is 0.929 bits per heavy atom. The van der Waals surface area contributed by atoms with Gasteiger partial charge in [0.25, 0.3) is 17.7 Å². The van der Waals surface area contributed by atoms with Crippen molar-refractivity contribution in [1.29, 1.82) is 0 Å². The first-order chi connectivity index (χ1) is 20.0. The van der Waals surface area contributed by atoms with Crippen molar-refractivity contribution in [3.05, 3.63) is 102 Å². The van der Waals surface area contributed by atoms with Gasteiger partial charge in [-0.1, -0.05) is 48.5 Å². The van der Waals surface area contributed by atoms with Gasteiger partial charge < -0.3 is 16.2 Å². The lowest BCUT2D eigenvalue weighted by Gasteiger charge is -2.16. The fourth-order valence-corrected chi connectivity index (χ4v) is 4.28. The van der Waals surface area contributed by atoms with Crippen molar-refractivity contribution in [1.82, 2.24) is 5.43 Å². The van der Waals surface area contributed by atoms with Crippen molar-refractivity contribution in [2.45, 2.75) is 6.18 Å². The van der Waals surface area contributed by atoms with Crippen LogP contribution in [-0.4, -0.2) is 34.4 Å². The normalized spacial score (nSPS) is 15.5. The Kier molecular flexibility index (Phi) is 7.32. The summed E-state index contributed by atoms with van der Waals surface area (Å²) in [5.41, 5.74) is 6.42. The first kappa shape index (κ1) is 27.8. The van der Waals surface area contributed by atoms with Crippen LogP contribution >= 0.6 is 0 Å². The number of halogens is 3. The highest BCUT2D eigenvalue weighted by molar-refractivity contribution is 6.52. The lowest BCUT2D eigenvalue weighted by Crippen LogP contribution is -2.43. The van der Waals surface area contributed by atoms with Crippen molar-refractivity contribution in [2.24, 2.45) is 21.9 Å². The van der Waals surface area contributed by atoms with Crippen LogP contribution in [0.2, 0.25) is 0 Å². The van der Waals surface area contributed by atoms with Gasteiger partial charge in [-0.25, -0.2) is 5.43 Å². The first-order valence-corrected chi connectivity index (χ1v) is 12.3.